The van der Waals surface area contributed by atoms with Crippen LogP contribution < -0.4 is 10.1 Å². The van der Waals surface area contributed by atoms with E-state index in [2.05, 4.69) is 10.4 Å². The number of nitrogens with zero attached hydrogens (tertiary/aromatic N) is 2. The predicted octanol–water partition coefficient (Wildman–Crippen LogP) is 1.98. The van der Waals surface area contributed by atoms with Crippen LogP contribution in [0.4, 0.5) is 0 Å². The molecule has 1 aromatic carbocycles. The highest BCUT2D eigenvalue weighted by Gasteiger charge is 2.36. The van der Waals surface area contributed by atoms with E-state index in [1.807, 2.05) is 26.2 Å². The monoisotopic (exact) mass is 329 g/mol. The van der Waals surface area contributed by atoms with Crippen LogP contribution in [0.1, 0.15) is 40.4 Å². The third kappa shape index (κ3) is 3.28. The average Bonchev–Trinajstić information content (AvgIpc) is 2.95. The number of aliphatic hydroxyl groups is 1. The number of nitrogens with one attached hydrogen (secondary N) is 1. The van der Waals surface area contributed by atoms with Crippen LogP contribution in [0, 0.1) is 12.8 Å². The molecule has 0 aliphatic heterocycles. The van der Waals surface area contributed by atoms with Crippen molar-refractivity contribution in [1.82, 2.24) is 15.1 Å². The molecule has 6 heteroatoms. The summed E-state index contributed by atoms with van der Waals surface area (Å²) in [5.74, 6) is 0.840. The fourth-order valence-electron chi connectivity index (χ4n) is 3.21. The Balaban J connectivity index is 1.80. The molecule has 1 heterocycles. The molecule has 1 aliphatic carbocycles. The van der Waals surface area contributed by atoms with Gasteiger partial charge in [-0.25, -0.2) is 0 Å². The van der Waals surface area contributed by atoms with Crippen molar-refractivity contribution in [3.8, 4) is 5.75 Å². The zero-order valence-electron chi connectivity index (χ0n) is 14.2. The molecular weight excluding hydrogens is 306 g/mol. The molecule has 1 fully saturated rings. The van der Waals surface area contributed by atoms with Gasteiger partial charge in [-0.05, 0) is 49.4 Å². The summed E-state index contributed by atoms with van der Waals surface area (Å²) >= 11 is 0. The van der Waals surface area contributed by atoms with Crippen LogP contribution >= 0.6 is 0 Å². The second-order valence-electron chi connectivity index (χ2n) is 6.46. The summed E-state index contributed by atoms with van der Waals surface area (Å²) in [6.45, 7) is 1.89. The molecule has 0 saturated heterocycles. The Morgan fingerprint density at radius 1 is 1.46 bits per heavy atom. The molecule has 2 aromatic rings. The van der Waals surface area contributed by atoms with E-state index in [0.29, 0.717) is 18.4 Å². The predicted molar refractivity (Wildman–Crippen MR) is 89.9 cm³/mol. The fourth-order valence-corrected chi connectivity index (χ4v) is 3.21. The van der Waals surface area contributed by atoms with Gasteiger partial charge in [-0.2, -0.15) is 5.10 Å². The Labute approximate surface area is 141 Å². The van der Waals surface area contributed by atoms with E-state index < -0.39 is 0 Å². The first-order chi connectivity index (χ1) is 11.5. The molecule has 6 nitrogen and oxygen atoms in total. The number of aromatic nitrogens is 2. The number of methoxy groups -OCH3 is 1. The van der Waals surface area contributed by atoms with Crippen LogP contribution in [0.3, 0.4) is 0 Å². The summed E-state index contributed by atoms with van der Waals surface area (Å²) in [7, 11) is 3.46. The van der Waals surface area contributed by atoms with Crippen LogP contribution in [-0.2, 0) is 7.05 Å². The molecule has 0 spiro atoms. The number of aliphatic hydroxyl groups excluding tert-OH is 1. The summed E-state index contributed by atoms with van der Waals surface area (Å²) in [4.78, 5) is 12.7. The minimum absolute atomic E-state index is 0.120. The summed E-state index contributed by atoms with van der Waals surface area (Å²) in [5, 5.41) is 16.9. The highest BCUT2D eigenvalue weighted by Crippen LogP contribution is 2.38. The Morgan fingerprint density at radius 3 is 2.75 bits per heavy atom. The number of benzene rings is 1. The summed E-state index contributed by atoms with van der Waals surface area (Å²) in [5.41, 5.74) is 2.46. The van der Waals surface area contributed by atoms with Crippen molar-refractivity contribution < 1.29 is 14.6 Å². The van der Waals surface area contributed by atoms with E-state index in [4.69, 9.17) is 4.74 Å². The van der Waals surface area contributed by atoms with Crippen molar-refractivity contribution in [2.24, 2.45) is 13.0 Å². The zero-order chi connectivity index (χ0) is 17.3. The summed E-state index contributed by atoms with van der Waals surface area (Å²) < 4.78 is 6.91. The first-order valence-corrected chi connectivity index (χ1v) is 8.10. The first-order valence-electron chi connectivity index (χ1n) is 8.10. The standard InChI is InChI=1S/C18H23N3O3/c1-11-6-15(24-3)4-5-16(11)18(23)20-17(12-7-14(22)8-12)13-9-19-21(2)10-13/h4-6,9-10,12,14,17,22H,7-8H2,1-3H3,(H,20,23)/t12?,14?,17-/m0/s1. The minimum Gasteiger partial charge on any atom is -0.497 e. The summed E-state index contributed by atoms with van der Waals surface area (Å²) in [6.07, 6.45) is 4.81. The van der Waals surface area contributed by atoms with E-state index >= 15 is 0 Å². The lowest BCUT2D eigenvalue weighted by molar-refractivity contribution is 0.0235. The normalized spacial score (nSPS) is 21.0. The van der Waals surface area contributed by atoms with Crippen LogP contribution in [0.25, 0.3) is 0 Å². The number of rotatable bonds is 5. The second kappa shape index (κ2) is 6.65. The van der Waals surface area contributed by atoms with Gasteiger partial charge < -0.3 is 15.2 Å². The highest BCUT2D eigenvalue weighted by molar-refractivity contribution is 5.96. The molecule has 3 rings (SSSR count). The van der Waals surface area contributed by atoms with Gasteiger partial charge in [0, 0.05) is 24.4 Å². The Morgan fingerprint density at radius 2 is 2.21 bits per heavy atom. The Bertz CT molecular complexity index is 735. The van der Waals surface area contributed by atoms with Gasteiger partial charge in [-0.15, -0.1) is 0 Å². The Hall–Kier alpha value is -2.34. The van der Waals surface area contributed by atoms with Crippen molar-refractivity contribution >= 4 is 5.91 Å². The zero-order valence-corrected chi connectivity index (χ0v) is 14.2. The summed E-state index contributed by atoms with van der Waals surface area (Å²) in [6, 6.07) is 5.27. The topological polar surface area (TPSA) is 76.4 Å². The minimum atomic E-state index is -0.270. The van der Waals surface area contributed by atoms with Gasteiger partial charge in [0.2, 0.25) is 0 Å². The van der Waals surface area contributed by atoms with Crippen molar-refractivity contribution in [2.45, 2.75) is 31.9 Å². The van der Waals surface area contributed by atoms with E-state index in [1.54, 1.807) is 30.1 Å². The maximum absolute atomic E-state index is 12.7. The van der Waals surface area contributed by atoms with Gasteiger partial charge in [0.15, 0.2) is 0 Å². The van der Waals surface area contributed by atoms with E-state index in [9.17, 15) is 9.90 Å². The van der Waals surface area contributed by atoms with Gasteiger partial charge in [0.1, 0.15) is 5.75 Å². The Kier molecular flexibility index (Phi) is 4.57. The lowest BCUT2D eigenvalue weighted by Gasteiger charge is -2.37. The molecule has 24 heavy (non-hydrogen) atoms. The van der Waals surface area contributed by atoms with Gasteiger partial charge in [0.05, 0.1) is 25.5 Å². The molecule has 1 aromatic heterocycles. The van der Waals surface area contributed by atoms with Crippen LogP contribution in [0.2, 0.25) is 0 Å². The molecule has 0 bridgehead atoms. The molecule has 1 aliphatic rings. The van der Waals surface area contributed by atoms with E-state index in [1.165, 1.54) is 0 Å². The molecular formula is C18H23N3O3. The largest absolute Gasteiger partial charge is 0.497 e. The van der Waals surface area contributed by atoms with Crippen LogP contribution in [0.15, 0.2) is 30.6 Å². The molecule has 1 amide bonds. The number of hydrogen-bond donors (Lipinski definition) is 2. The molecule has 1 atom stereocenters. The quantitative estimate of drug-likeness (QED) is 0.879. The molecule has 1 saturated carbocycles. The highest BCUT2D eigenvalue weighted by atomic mass is 16.5. The fraction of sp³-hybridized carbons (Fsp3) is 0.444. The number of carbonyl (C=O) groups excluding carboxylic acids is 1. The van der Waals surface area contributed by atoms with Gasteiger partial charge in [0.25, 0.3) is 5.91 Å². The number of hydrogen-bond acceptors (Lipinski definition) is 4. The molecule has 128 valence electrons. The van der Waals surface area contributed by atoms with Gasteiger partial charge in [-0.1, -0.05) is 0 Å². The van der Waals surface area contributed by atoms with E-state index in [-0.39, 0.29) is 24.0 Å². The third-order valence-corrected chi connectivity index (χ3v) is 4.67. The van der Waals surface area contributed by atoms with Crippen molar-refractivity contribution in [2.75, 3.05) is 7.11 Å². The van der Waals surface area contributed by atoms with Crippen LogP contribution in [-0.4, -0.2) is 34.0 Å². The number of aryl methyl sites for hydroxylation is 2. The van der Waals surface area contributed by atoms with Crippen molar-refractivity contribution in [3.05, 3.63) is 47.3 Å². The van der Waals surface area contributed by atoms with Gasteiger partial charge in [-0.3, -0.25) is 9.48 Å². The van der Waals surface area contributed by atoms with Crippen LogP contribution in [0.5, 0.6) is 5.75 Å². The van der Waals surface area contributed by atoms with Crippen molar-refractivity contribution in [3.63, 3.8) is 0 Å². The van der Waals surface area contributed by atoms with Crippen molar-refractivity contribution in [1.29, 1.82) is 0 Å². The maximum atomic E-state index is 12.7. The molecule has 0 radical (unpaired) electrons. The maximum Gasteiger partial charge on any atom is 0.252 e. The van der Waals surface area contributed by atoms with Gasteiger partial charge >= 0.3 is 0 Å². The SMILES string of the molecule is COc1ccc(C(=O)N[C@H](c2cnn(C)c2)C2CC(O)C2)c(C)c1. The third-order valence-electron chi connectivity index (χ3n) is 4.67. The number of amides is 1. The average molecular weight is 329 g/mol. The lowest BCUT2D eigenvalue weighted by Crippen LogP contribution is -2.41. The second-order valence-corrected chi connectivity index (χ2v) is 6.46. The molecule has 0 unspecified atom stereocenters. The van der Waals surface area contributed by atoms with E-state index in [0.717, 1.165) is 16.9 Å². The first kappa shape index (κ1) is 16.5. The molecule has 2 N–H and O–H groups in total. The number of carbonyl (C=O) groups is 1. The lowest BCUT2D eigenvalue weighted by atomic mass is 9.75. The number of ether oxygens (including phenoxy) is 1. The smallest absolute Gasteiger partial charge is 0.252 e.